The van der Waals surface area contributed by atoms with Crippen LogP contribution in [0.4, 0.5) is 0 Å². The maximum Gasteiger partial charge on any atom is 0.161 e. The van der Waals surface area contributed by atoms with Crippen LogP contribution in [0.25, 0.3) is 0 Å². The Labute approximate surface area is 186 Å². The summed E-state index contributed by atoms with van der Waals surface area (Å²) in [5.41, 5.74) is 3.66. The fraction of sp³-hybridized carbons (Fsp3) is 0.478. The number of ether oxygens (including phenoxy) is 2. The van der Waals surface area contributed by atoms with Gasteiger partial charge in [-0.2, -0.15) is 0 Å². The summed E-state index contributed by atoms with van der Waals surface area (Å²) in [7, 11) is 1.71. The molecule has 3 heterocycles. The monoisotopic (exact) mass is 438 g/mol. The van der Waals surface area contributed by atoms with Crippen molar-refractivity contribution in [2.45, 2.75) is 39.0 Å². The molecule has 5 rings (SSSR count). The van der Waals surface area contributed by atoms with Gasteiger partial charge >= 0.3 is 0 Å². The molecule has 3 aliphatic rings. The van der Waals surface area contributed by atoms with Crippen LogP contribution >= 0.6 is 24.8 Å². The highest BCUT2D eigenvalue weighted by Crippen LogP contribution is 2.30. The van der Waals surface area contributed by atoms with Crippen LogP contribution in [0.1, 0.15) is 29.5 Å². The normalized spacial score (nSPS) is 22.3. The molecular weight excluding hydrogens is 407 g/mol. The first kappa shape index (κ1) is 23.8. The average molecular weight is 439 g/mol. The van der Waals surface area contributed by atoms with E-state index in [9.17, 15) is 0 Å². The molecule has 0 aliphatic carbocycles. The van der Waals surface area contributed by atoms with Gasteiger partial charge in [0, 0.05) is 19.1 Å². The van der Waals surface area contributed by atoms with E-state index in [0.717, 1.165) is 24.0 Å². The zero-order chi connectivity index (χ0) is 18.6. The van der Waals surface area contributed by atoms with Gasteiger partial charge in [0.15, 0.2) is 11.5 Å². The third kappa shape index (κ3) is 6.02. The molecule has 6 heteroatoms. The Morgan fingerprint density at radius 2 is 1.79 bits per heavy atom. The van der Waals surface area contributed by atoms with Crippen LogP contribution in [0, 0.1) is 12.8 Å². The molecular formula is C23H32Cl2N2O2. The lowest BCUT2D eigenvalue weighted by atomic mass is 9.84. The zero-order valence-electron chi connectivity index (χ0n) is 17.2. The van der Waals surface area contributed by atoms with Gasteiger partial charge in [0.1, 0.15) is 6.61 Å². The van der Waals surface area contributed by atoms with Crippen molar-refractivity contribution in [2.24, 2.45) is 5.92 Å². The van der Waals surface area contributed by atoms with Gasteiger partial charge < -0.3 is 19.7 Å². The van der Waals surface area contributed by atoms with E-state index in [0.29, 0.717) is 12.6 Å². The summed E-state index contributed by atoms with van der Waals surface area (Å²) < 4.78 is 11.6. The zero-order valence-corrected chi connectivity index (χ0v) is 18.9. The number of aryl methyl sites for hydroxylation is 1. The maximum atomic E-state index is 6.01. The molecule has 1 N–H and O–H groups in total. The number of fused-ring (bicyclic) bond motifs is 3. The quantitative estimate of drug-likeness (QED) is 0.683. The van der Waals surface area contributed by atoms with Gasteiger partial charge in [-0.1, -0.05) is 35.9 Å². The summed E-state index contributed by atoms with van der Waals surface area (Å²) in [5, 5.41) is 3.77. The number of benzene rings is 2. The minimum absolute atomic E-state index is 0. The number of methoxy groups -OCH3 is 1. The smallest absolute Gasteiger partial charge is 0.161 e. The van der Waals surface area contributed by atoms with E-state index in [2.05, 4.69) is 53.5 Å². The molecule has 2 aromatic carbocycles. The van der Waals surface area contributed by atoms with Crippen molar-refractivity contribution >= 4 is 24.8 Å². The first-order valence-corrected chi connectivity index (χ1v) is 10.0. The lowest BCUT2D eigenvalue weighted by Gasteiger charge is -2.45. The third-order valence-corrected chi connectivity index (χ3v) is 5.93. The second-order valence-electron chi connectivity index (χ2n) is 7.89. The summed E-state index contributed by atoms with van der Waals surface area (Å²) in [5.74, 6) is 2.44. The van der Waals surface area contributed by atoms with Gasteiger partial charge in [0.2, 0.25) is 0 Å². The lowest BCUT2D eigenvalue weighted by molar-refractivity contribution is 0.0720. The first-order chi connectivity index (χ1) is 13.2. The second kappa shape index (κ2) is 11.1. The van der Waals surface area contributed by atoms with Gasteiger partial charge in [-0.15, -0.1) is 24.8 Å². The Morgan fingerprint density at radius 1 is 1.00 bits per heavy atom. The van der Waals surface area contributed by atoms with Crippen molar-refractivity contribution in [1.29, 1.82) is 0 Å². The van der Waals surface area contributed by atoms with E-state index in [-0.39, 0.29) is 24.8 Å². The second-order valence-corrected chi connectivity index (χ2v) is 7.89. The Bertz CT molecular complexity index is 779. The Hall–Kier alpha value is -1.46. The fourth-order valence-corrected chi connectivity index (χ4v) is 4.35. The Balaban J connectivity index is 0.00000150. The number of hydrogen-bond donors (Lipinski definition) is 1. The molecule has 0 saturated carbocycles. The fourth-order valence-electron chi connectivity index (χ4n) is 4.35. The topological polar surface area (TPSA) is 33.7 Å². The van der Waals surface area contributed by atoms with E-state index in [1.54, 1.807) is 7.11 Å². The van der Waals surface area contributed by atoms with E-state index in [4.69, 9.17) is 9.47 Å². The molecule has 3 saturated heterocycles. The van der Waals surface area contributed by atoms with Crippen LogP contribution in [-0.2, 0) is 13.2 Å². The van der Waals surface area contributed by atoms with Crippen molar-refractivity contribution in [2.75, 3.05) is 26.7 Å². The number of rotatable bonds is 7. The molecule has 3 aliphatic heterocycles. The molecule has 0 spiro atoms. The average Bonchev–Trinajstić information content (AvgIpc) is 2.72. The van der Waals surface area contributed by atoms with Crippen molar-refractivity contribution in [3.63, 3.8) is 0 Å². The standard InChI is InChI=1S/C23H30N2O2.2ClH/c1-17-4-3-5-19(12-17)16-27-22-7-6-18(13-23(22)26-2)14-24-21-15-25-10-8-20(21)9-11-25;;/h3-7,12-13,20-21,24H,8-11,14-16H2,1-2H3;2*1H. The number of nitrogens with one attached hydrogen (secondary N) is 1. The predicted octanol–water partition coefficient (Wildman–Crippen LogP) is 4.61. The molecule has 3 fully saturated rings. The summed E-state index contributed by atoms with van der Waals surface area (Å²) in [6, 6.07) is 15.3. The summed E-state index contributed by atoms with van der Waals surface area (Å²) in [4.78, 5) is 2.58. The molecule has 0 radical (unpaired) electrons. The number of nitrogens with zero attached hydrogens (tertiary/aromatic N) is 1. The van der Waals surface area contributed by atoms with Crippen LogP contribution < -0.4 is 14.8 Å². The molecule has 0 amide bonds. The molecule has 160 valence electrons. The number of halogens is 2. The Kier molecular flexibility index (Phi) is 9.09. The molecule has 2 aromatic rings. The SMILES string of the molecule is COc1cc(CNC2CN3CCC2CC3)ccc1OCc1cccc(C)c1.Cl.Cl. The van der Waals surface area contributed by atoms with Crippen LogP contribution in [0.3, 0.4) is 0 Å². The van der Waals surface area contributed by atoms with Crippen molar-refractivity contribution < 1.29 is 9.47 Å². The van der Waals surface area contributed by atoms with E-state index >= 15 is 0 Å². The van der Waals surface area contributed by atoms with Gasteiger partial charge in [0.25, 0.3) is 0 Å². The van der Waals surface area contributed by atoms with E-state index in [1.807, 2.05) is 6.07 Å². The van der Waals surface area contributed by atoms with Crippen LogP contribution in [-0.4, -0.2) is 37.7 Å². The van der Waals surface area contributed by atoms with Crippen LogP contribution in [0.15, 0.2) is 42.5 Å². The summed E-state index contributed by atoms with van der Waals surface area (Å²) in [6.45, 7) is 7.28. The minimum Gasteiger partial charge on any atom is -0.493 e. The van der Waals surface area contributed by atoms with E-state index < -0.39 is 0 Å². The Morgan fingerprint density at radius 3 is 2.45 bits per heavy atom. The molecule has 4 nitrogen and oxygen atoms in total. The predicted molar refractivity (Wildman–Crippen MR) is 123 cm³/mol. The first-order valence-electron chi connectivity index (χ1n) is 10.0. The van der Waals surface area contributed by atoms with Gasteiger partial charge in [-0.3, -0.25) is 0 Å². The minimum atomic E-state index is 0. The largest absolute Gasteiger partial charge is 0.493 e. The molecule has 2 bridgehead atoms. The maximum absolute atomic E-state index is 6.01. The van der Waals surface area contributed by atoms with Crippen LogP contribution in [0.5, 0.6) is 11.5 Å². The molecule has 1 atom stereocenters. The number of hydrogen-bond acceptors (Lipinski definition) is 4. The van der Waals surface area contributed by atoms with Gasteiger partial charge in [-0.05, 0) is 62.0 Å². The van der Waals surface area contributed by atoms with E-state index in [1.165, 1.54) is 49.2 Å². The van der Waals surface area contributed by atoms with Crippen molar-refractivity contribution in [3.05, 3.63) is 59.2 Å². The highest BCUT2D eigenvalue weighted by molar-refractivity contribution is 5.85. The summed E-state index contributed by atoms with van der Waals surface area (Å²) in [6.07, 6.45) is 2.68. The summed E-state index contributed by atoms with van der Waals surface area (Å²) >= 11 is 0. The van der Waals surface area contributed by atoms with Crippen molar-refractivity contribution in [1.82, 2.24) is 10.2 Å². The van der Waals surface area contributed by atoms with Gasteiger partial charge in [-0.25, -0.2) is 0 Å². The highest BCUT2D eigenvalue weighted by Gasteiger charge is 2.33. The van der Waals surface area contributed by atoms with Crippen molar-refractivity contribution in [3.8, 4) is 11.5 Å². The van der Waals surface area contributed by atoms with Gasteiger partial charge in [0.05, 0.1) is 7.11 Å². The van der Waals surface area contributed by atoms with Crippen LogP contribution in [0.2, 0.25) is 0 Å². The highest BCUT2D eigenvalue weighted by atomic mass is 35.5. The lowest BCUT2D eigenvalue weighted by Crippen LogP contribution is -2.55. The third-order valence-electron chi connectivity index (χ3n) is 5.93. The molecule has 29 heavy (non-hydrogen) atoms. The number of piperidine rings is 3. The molecule has 1 unspecified atom stereocenters. The molecule has 0 aromatic heterocycles.